The van der Waals surface area contributed by atoms with Crippen molar-refractivity contribution in [2.75, 3.05) is 24.5 Å². The van der Waals surface area contributed by atoms with Crippen LogP contribution in [0.3, 0.4) is 0 Å². The molecule has 2 heterocycles. The minimum Gasteiger partial charge on any atom is -0.479 e. The van der Waals surface area contributed by atoms with Crippen LogP contribution in [0.25, 0.3) is 0 Å². The Kier molecular flexibility index (Phi) is 6.05. The SMILES string of the molecule is CC1CCN([C@H](C)CNC(=O)[C@H](C)N2C(=O)[C@H](C)Oc3ccccc32)CC1. The Balaban J connectivity index is 1.62. The third kappa shape index (κ3) is 4.26. The Morgan fingerprint density at radius 3 is 2.59 bits per heavy atom. The molecule has 0 aromatic heterocycles. The molecule has 1 N–H and O–H groups in total. The molecule has 2 aliphatic heterocycles. The average molecular weight is 373 g/mol. The summed E-state index contributed by atoms with van der Waals surface area (Å²) >= 11 is 0. The molecule has 2 amide bonds. The third-order valence-electron chi connectivity index (χ3n) is 5.79. The Morgan fingerprint density at radius 1 is 1.22 bits per heavy atom. The van der Waals surface area contributed by atoms with E-state index in [1.165, 1.54) is 12.8 Å². The Labute approximate surface area is 161 Å². The number of rotatable bonds is 5. The number of benzene rings is 1. The summed E-state index contributed by atoms with van der Waals surface area (Å²) in [7, 11) is 0. The number of carbonyl (C=O) groups excluding carboxylic acids is 2. The standard InChI is InChI=1S/C21H31N3O3/c1-14-9-11-23(12-10-14)15(2)13-22-20(25)16(3)24-18-7-5-6-8-19(18)27-17(4)21(24)26/h5-8,14-17H,9-13H2,1-4H3,(H,22,25)/t15-,16+,17+/m1/s1. The maximum Gasteiger partial charge on any atom is 0.268 e. The Hall–Kier alpha value is -2.08. The lowest BCUT2D eigenvalue weighted by Gasteiger charge is -2.37. The topological polar surface area (TPSA) is 61.9 Å². The van der Waals surface area contributed by atoms with Crippen LogP contribution in [0.15, 0.2) is 24.3 Å². The number of hydrogen-bond donors (Lipinski definition) is 1. The zero-order valence-electron chi connectivity index (χ0n) is 16.8. The molecule has 0 radical (unpaired) electrons. The van der Waals surface area contributed by atoms with Gasteiger partial charge in [0.05, 0.1) is 5.69 Å². The fourth-order valence-electron chi connectivity index (χ4n) is 3.82. The second-order valence-electron chi connectivity index (χ2n) is 7.92. The van der Waals surface area contributed by atoms with E-state index in [0.717, 1.165) is 19.0 Å². The lowest BCUT2D eigenvalue weighted by molar-refractivity contribution is -0.130. The monoisotopic (exact) mass is 373 g/mol. The van der Waals surface area contributed by atoms with Gasteiger partial charge in [-0.1, -0.05) is 19.1 Å². The van der Waals surface area contributed by atoms with Crippen molar-refractivity contribution in [3.8, 4) is 5.75 Å². The minimum absolute atomic E-state index is 0.135. The van der Waals surface area contributed by atoms with Gasteiger partial charge in [0.15, 0.2) is 6.10 Å². The summed E-state index contributed by atoms with van der Waals surface area (Å²) < 4.78 is 5.66. The minimum atomic E-state index is -0.593. The maximum absolute atomic E-state index is 12.8. The van der Waals surface area contributed by atoms with E-state index in [9.17, 15) is 9.59 Å². The lowest BCUT2D eigenvalue weighted by atomic mass is 9.98. The van der Waals surface area contributed by atoms with Gasteiger partial charge in [0.2, 0.25) is 5.91 Å². The molecule has 1 fully saturated rings. The first-order chi connectivity index (χ1) is 12.9. The lowest BCUT2D eigenvalue weighted by Crippen LogP contribution is -2.55. The van der Waals surface area contributed by atoms with Crippen LogP contribution in [0.1, 0.15) is 40.5 Å². The van der Waals surface area contributed by atoms with Crippen LogP contribution in [-0.4, -0.2) is 54.5 Å². The number of anilines is 1. The van der Waals surface area contributed by atoms with Gasteiger partial charge in [-0.05, 0) is 64.8 Å². The van der Waals surface area contributed by atoms with Gasteiger partial charge in [0.1, 0.15) is 11.8 Å². The van der Waals surface area contributed by atoms with Gasteiger partial charge in [-0.25, -0.2) is 0 Å². The highest BCUT2D eigenvalue weighted by atomic mass is 16.5. The van der Waals surface area contributed by atoms with Gasteiger partial charge in [0.25, 0.3) is 5.91 Å². The van der Waals surface area contributed by atoms with Crippen molar-refractivity contribution in [1.82, 2.24) is 10.2 Å². The van der Waals surface area contributed by atoms with Gasteiger partial charge >= 0.3 is 0 Å². The highest BCUT2D eigenvalue weighted by Crippen LogP contribution is 2.34. The summed E-state index contributed by atoms with van der Waals surface area (Å²) in [6.07, 6.45) is 1.83. The van der Waals surface area contributed by atoms with Gasteiger partial charge in [0, 0.05) is 12.6 Å². The normalized spacial score (nSPS) is 23.3. The smallest absolute Gasteiger partial charge is 0.268 e. The molecule has 1 aromatic carbocycles. The molecule has 0 bridgehead atoms. The molecule has 3 atom stereocenters. The van der Waals surface area contributed by atoms with Gasteiger partial charge < -0.3 is 10.1 Å². The Morgan fingerprint density at radius 2 is 1.89 bits per heavy atom. The van der Waals surface area contributed by atoms with Gasteiger partial charge in [-0.3, -0.25) is 19.4 Å². The number of likely N-dealkylation sites (tertiary alicyclic amines) is 1. The molecule has 0 spiro atoms. The fourth-order valence-corrected chi connectivity index (χ4v) is 3.82. The highest BCUT2D eigenvalue weighted by molar-refractivity contribution is 6.05. The largest absolute Gasteiger partial charge is 0.479 e. The molecule has 0 aliphatic carbocycles. The first-order valence-electron chi connectivity index (χ1n) is 9.99. The number of amides is 2. The van der Waals surface area contributed by atoms with E-state index in [1.807, 2.05) is 24.3 Å². The number of para-hydroxylation sites is 2. The average Bonchev–Trinajstić information content (AvgIpc) is 2.67. The van der Waals surface area contributed by atoms with E-state index in [4.69, 9.17) is 4.74 Å². The molecule has 148 valence electrons. The van der Waals surface area contributed by atoms with Crippen LogP contribution in [0, 0.1) is 5.92 Å². The van der Waals surface area contributed by atoms with Crippen molar-refractivity contribution in [3.05, 3.63) is 24.3 Å². The molecule has 3 rings (SSSR count). The predicted octanol–water partition coefficient (Wildman–Crippen LogP) is 2.43. The quantitative estimate of drug-likeness (QED) is 0.861. The van der Waals surface area contributed by atoms with E-state index in [0.29, 0.717) is 24.0 Å². The molecule has 1 saturated heterocycles. The van der Waals surface area contributed by atoms with Crippen LogP contribution in [0.5, 0.6) is 5.75 Å². The van der Waals surface area contributed by atoms with Crippen molar-refractivity contribution in [3.63, 3.8) is 0 Å². The summed E-state index contributed by atoms with van der Waals surface area (Å²) in [5.41, 5.74) is 0.654. The predicted molar refractivity (Wildman–Crippen MR) is 106 cm³/mol. The van der Waals surface area contributed by atoms with Crippen LogP contribution in [0.4, 0.5) is 5.69 Å². The zero-order chi connectivity index (χ0) is 19.6. The van der Waals surface area contributed by atoms with E-state index < -0.39 is 12.1 Å². The first kappa shape index (κ1) is 19.7. The van der Waals surface area contributed by atoms with Gasteiger partial charge in [-0.15, -0.1) is 0 Å². The number of carbonyl (C=O) groups is 2. The summed E-state index contributed by atoms with van der Waals surface area (Å²) in [4.78, 5) is 29.4. The number of piperidine rings is 1. The van der Waals surface area contributed by atoms with Crippen molar-refractivity contribution >= 4 is 17.5 Å². The third-order valence-corrected chi connectivity index (χ3v) is 5.79. The van der Waals surface area contributed by atoms with Crippen LogP contribution in [-0.2, 0) is 9.59 Å². The number of nitrogens with one attached hydrogen (secondary N) is 1. The van der Waals surface area contributed by atoms with Crippen LogP contribution >= 0.6 is 0 Å². The molecule has 6 nitrogen and oxygen atoms in total. The molecule has 2 aliphatic rings. The molecular weight excluding hydrogens is 342 g/mol. The van der Waals surface area contributed by atoms with Crippen LogP contribution in [0.2, 0.25) is 0 Å². The summed E-state index contributed by atoms with van der Waals surface area (Å²) in [6, 6.07) is 7.07. The van der Waals surface area contributed by atoms with Crippen molar-refractivity contribution in [2.24, 2.45) is 5.92 Å². The molecule has 0 saturated carbocycles. The second-order valence-corrected chi connectivity index (χ2v) is 7.92. The molecule has 27 heavy (non-hydrogen) atoms. The van der Waals surface area contributed by atoms with Gasteiger partial charge in [-0.2, -0.15) is 0 Å². The number of ether oxygens (including phenoxy) is 1. The molecule has 0 unspecified atom stereocenters. The first-order valence-corrected chi connectivity index (χ1v) is 9.99. The van der Waals surface area contributed by atoms with E-state index >= 15 is 0 Å². The van der Waals surface area contributed by atoms with Crippen molar-refractivity contribution in [1.29, 1.82) is 0 Å². The molecule has 6 heteroatoms. The van der Waals surface area contributed by atoms with Crippen LogP contribution < -0.4 is 15.0 Å². The number of fused-ring (bicyclic) bond motifs is 1. The molecular formula is C21H31N3O3. The Bertz CT molecular complexity index is 685. The van der Waals surface area contributed by atoms with E-state index in [-0.39, 0.29) is 11.8 Å². The summed E-state index contributed by atoms with van der Waals surface area (Å²) in [6.45, 7) is 10.7. The van der Waals surface area contributed by atoms with Crippen molar-refractivity contribution in [2.45, 2.75) is 58.7 Å². The zero-order valence-corrected chi connectivity index (χ0v) is 16.8. The fraction of sp³-hybridized carbons (Fsp3) is 0.619. The van der Waals surface area contributed by atoms with E-state index in [1.54, 1.807) is 18.7 Å². The number of nitrogens with zero attached hydrogens (tertiary/aromatic N) is 2. The summed E-state index contributed by atoms with van der Waals surface area (Å²) in [5, 5.41) is 3.04. The highest BCUT2D eigenvalue weighted by Gasteiger charge is 2.37. The summed E-state index contributed by atoms with van der Waals surface area (Å²) in [5.74, 6) is 1.11. The number of hydrogen-bond acceptors (Lipinski definition) is 4. The second kappa shape index (κ2) is 8.30. The molecule has 1 aromatic rings. The van der Waals surface area contributed by atoms with E-state index in [2.05, 4.69) is 24.1 Å². The van der Waals surface area contributed by atoms with Crippen molar-refractivity contribution < 1.29 is 14.3 Å². The maximum atomic E-state index is 12.8.